The van der Waals surface area contributed by atoms with Crippen LogP contribution in [-0.2, 0) is 0 Å². The maximum atomic E-state index is 12.8. The summed E-state index contributed by atoms with van der Waals surface area (Å²) in [7, 11) is 0. The van der Waals surface area contributed by atoms with Crippen molar-refractivity contribution in [2.75, 3.05) is 18.0 Å². The molecule has 2 aromatic rings. The molecule has 1 atom stereocenters. The van der Waals surface area contributed by atoms with Crippen LogP contribution in [0, 0.1) is 9.62 Å². The van der Waals surface area contributed by atoms with E-state index in [0.29, 0.717) is 24.4 Å². The maximum absolute atomic E-state index is 12.8. The Morgan fingerprint density at radius 3 is 2.85 bits per heavy atom. The molecule has 8 heteroatoms. The van der Waals surface area contributed by atoms with Gasteiger partial charge >= 0.3 is 6.18 Å². The molecule has 20 heavy (non-hydrogen) atoms. The Kier molecular flexibility index (Phi) is 3.51. The average molecular weight is 396 g/mol. The van der Waals surface area contributed by atoms with E-state index in [-0.39, 0.29) is 13.0 Å². The van der Waals surface area contributed by atoms with Gasteiger partial charge in [-0.2, -0.15) is 13.2 Å². The van der Waals surface area contributed by atoms with Gasteiger partial charge in [0.25, 0.3) is 0 Å². The maximum Gasteiger partial charge on any atom is 0.393 e. The second-order valence-electron chi connectivity index (χ2n) is 4.87. The van der Waals surface area contributed by atoms with E-state index in [1.165, 1.54) is 0 Å². The lowest BCUT2D eigenvalue weighted by atomic mass is 9.97. The summed E-state index contributed by atoms with van der Waals surface area (Å²) in [6, 6.07) is 3.51. The van der Waals surface area contributed by atoms with E-state index in [4.69, 9.17) is 0 Å². The van der Waals surface area contributed by atoms with Crippen LogP contribution in [0.5, 0.6) is 0 Å². The zero-order chi connectivity index (χ0) is 14.3. The van der Waals surface area contributed by atoms with Crippen molar-refractivity contribution in [3.8, 4) is 0 Å². The van der Waals surface area contributed by atoms with Crippen molar-refractivity contribution in [1.29, 1.82) is 0 Å². The molecule has 1 aliphatic heterocycles. The normalized spacial score (nSPS) is 20.6. The molecule has 0 radical (unpaired) electrons. The first-order valence-electron chi connectivity index (χ1n) is 6.27. The van der Waals surface area contributed by atoms with Gasteiger partial charge in [0.2, 0.25) is 0 Å². The lowest BCUT2D eigenvalue weighted by Crippen LogP contribution is -2.42. The molecule has 0 bridgehead atoms. The molecule has 0 saturated carbocycles. The Bertz CT molecular complexity index is 625. The molecule has 0 spiro atoms. The van der Waals surface area contributed by atoms with Crippen LogP contribution in [0.25, 0.3) is 5.65 Å². The molecule has 3 heterocycles. The van der Waals surface area contributed by atoms with E-state index in [0.717, 1.165) is 3.70 Å². The Hall–Kier alpha value is -1.06. The third-order valence-electron chi connectivity index (χ3n) is 3.51. The predicted octanol–water partition coefficient (Wildman–Crippen LogP) is 3.11. The van der Waals surface area contributed by atoms with Crippen molar-refractivity contribution in [3.63, 3.8) is 0 Å². The summed E-state index contributed by atoms with van der Waals surface area (Å²) in [6.45, 7) is 0.587. The molecule has 4 nitrogen and oxygen atoms in total. The molecule has 2 aromatic heterocycles. The SMILES string of the molecule is FC(F)(F)C1CCCN(c2ccc3ncc(I)n3n2)C1. The van der Waals surface area contributed by atoms with Crippen LogP contribution in [0.2, 0.25) is 0 Å². The minimum absolute atomic E-state index is 0.0206. The quantitative estimate of drug-likeness (QED) is 0.695. The highest BCUT2D eigenvalue weighted by Crippen LogP contribution is 2.34. The largest absolute Gasteiger partial charge is 0.393 e. The van der Waals surface area contributed by atoms with Crippen LogP contribution in [0.1, 0.15) is 12.8 Å². The van der Waals surface area contributed by atoms with Gasteiger partial charge in [-0.15, -0.1) is 5.10 Å². The second kappa shape index (κ2) is 5.05. The molecule has 0 amide bonds. The zero-order valence-corrected chi connectivity index (χ0v) is 12.6. The number of nitrogens with zero attached hydrogens (tertiary/aromatic N) is 4. The number of halogens is 4. The fourth-order valence-electron chi connectivity index (χ4n) is 2.46. The van der Waals surface area contributed by atoms with Crippen molar-refractivity contribution in [2.24, 2.45) is 5.92 Å². The minimum Gasteiger partial charge on any atom is -0.355 e. The van der Waals surface area contributed by atoms with Gasteiger partial charge in [-0.1, -0.05) is 0 Å². The molecule has 0 aliphatic carbocycles. The van der Waals surface area contributed by atoms with Crippen molar-refractivity contribution in [1.82, 2.24) is 14.6 Å². The van der Waals surface area contributed by atoms with Gasteiger partial charge in [0.15, 0.2) is 5.65 Å². The first-order valence-corrected chi connectivity index (χ1v) is 7.35. The highest BCUT2D eigenvalue weighted by molar-refractivity contribution is 14.1. The lowest BCUT2D eigenvalue weighted by Gasteiger charge is -2.34. The van der Waals surface area contributed by atoms with Gasteiger partial charge in [-0.05, 0) is 47.6 Å². The topological polar surface area (TPSA) is 33.4 Å². The minimum atomic E-state index is -4.13. The molecule has 108 valence electrons. The number of imidazole rings is 1. The Balaban J connectivity index is 1.88. The lowest BCUT2D eigenvalue weighted by molar-refractivity contribution is -0.176. The summed E-state index contributed by atoms with van der Waals surface area (Å²) in [5.74, 6) is -0.696. The first kappa shape index (κ1) is 13.9. The van der Waals surface area contributed by atoms with E-state index in [1.807, 2.05) is 0 Å². The van der Waals surface area contributed by atoms with E-state index >= 15 is 0 Å². The number of rotatable bonds is 1. The third kappa shape index (κ3) is 2.57. The molecular weight excluding hydrogens is 384 g/mol. The number of anilines is 1. The number of hydrogen-bond donors (Lipinski definition) is 0. The van der Waals surface area contributed by atoms with Crippen LogP contribution in [0.4, 0.5) is 19.0 Å². The van der Waals surface area contributed by atoms with Gasteiger partial charge in [0.05, 0.1) is 12.1 Å². The summed E-state index contributed by atoms with van der Waals surface area (Å²) >= 11 is 2.10. The van der Waals surface area contributed by atoms with Crippen LogP contribution in [0.3, 0.4) is 0 Å². The van der Waals surface area contributed by atoms with Crippen molar-refractivity contribution >= 4 is 34.1 Å². The van der Waals surface area contributed by atoms with Crippen LogP contribution in [-0.4, -0.2) is 33.9 Å². The van der Waals surface area contributed by atoms with E-state index in [1.54, 1.807) is 27.7 Å². The zero-order valence-electron chi connectivity index (χ0n) is 10.4. The number of fused-ring (bicyclic) bond motifs is 1. The van der Waals surface area contributed by atoms with E-state index < -0.39 is 12.1 Å². The summed E-state index contributed by atoms with van der Waals surface area (Å²) in [6.07, 6.45) is -1.72. The van der Waals surface area contributed by atoms with Crippen molar-refractivity contribution in [2.45, 2.75) is 19.0 Å². The molecule has 1 aliphatic rings. The molecule has 1 saturated heterocycles. The monoisotopic (exact) mass is 396 g/mol. The summed E-state index contributed by atoms with van der Waals surface area (Å²) in [5, 5.41) is 4.38. The summed E-state index contributed by atoms with van der Waals surface area (Å²) in [4.78, 5) is 5.86. The van der Waals surface area contributed by atoms with E-state index in [2.05, 4.69) is 32.7 Å². The van der Waals surface area contributed by atoms with Crippen LogP contribution >= 0.6 is 22.6 Å². The average Bonchev–Trinajstić information content (AvgIpc) is 2.79. The fraction of sp³-hybridized carbons (Fsp3) is 0.500. The number of aromatic nitrogens is 3. The van der Waals surface area contributed by atoms with E-state index in [9.17, 15) is 13.2 Å². The Morgan fingerprint density at radius 2 is 2.10 bits per heavy atom. The smallest absolute Gasteiger partial charge is 0.355 e. The summed E-state index contributed by atoms with van der Waals surface area (Å²) in [5.41, 5.74) is 0.697. The highest BCUT2D eigenvalue weighted by atomic mass is 127. The highest BCUT2D eigenvalue weighted by Gasteiger charge is 2.42. The predicted molar refractivity (Wildman–Crippen MR) is 76.7 cm³/mol. The van der Waals surface area contributed by atoms with Crippen molar-refractivity contribution in [3.05, 3.63) is 22.0 Å². The summed E-state index contributed by atoms with van der Waals surface area (Å²) < 4.78 is 41.0. The number of piperidine rings is 1. The van der Waals surface area contributed by atoms with Gasteiger partial charge in [-0.3, -0.25) is 0 Å². The number of alkyl halides is 3. The van der Waals surface area contributed by atoms with Crippen LogP contribution in [0.15, 0.2) is 18.3 Å². The first-order chi connectivity index (χ1) is 9.45. The standard InChI is InChI=1S/C12H12F3IN4/c13-12(14,15)8-2-1-5-19(7-8)11-4-3-10-17-6-9(16)20(10)18-11/h3-4,6,8H,1-2,5,7H2. The van der Waals surface area contributed by atoms with Gasteiger partial charge in [0.1, 0.15) is 9.52 Å². The fourth-order valence-corrected chi connectivity index (χ4v) is 2.95. The molecule has 0 N–H and O–H groups in total. The number of hydrogen-bond acceptors (Lipinski definition) is 3. The molecule has 1 unspecified atom stereocenters. The third-order valence-corrected chi connectivity index (χ3v) is 4.25. The Morgan fingerprint density at radius 1 is 1.30 bits per heavy atom. The molecule has 1 fully saturated rings. The molecule has 3 rings (SSSR count). The molecule has 0 aromatic carbocycles. The Labute approximate surface area is 127 Å². The van der Waals surface area contributed by atoms with Gasteiger partial charge < -0.3 is 4.90 Å². The van der Waals surface area contributed by atoms with Gasteiger partial charge in [-0.25, -0.2) is 9.50 Å². The second-order valence-corrected chi connectivity index (χ2v) is 5.97. The van der Waals surface area contributed by atoms with Gasteiger partial charge in [0, 0.05) is 13.1 Å². The van der Waals surface area contributed by atoms with Crippen molar-refractivity contribution < 1.29 is 13.2 Å². The van der Waals surface area contributed by atoms with Crippen LogP contribution < -0.4 is 4.90 Å². The molecular formula is C12H12F3IN4.